The molecule has 154 valence electrons. The van der Waals surface area contributed by atoms with Gasteiger partial charge >= 0.3 is 0 Å². The van der Waals surface area contributed by atoms with E-state index in [0.717, 1.165) is 44.7 Å². The van der Waals surface area contributed by atoms with Gasteiger partial charge < -0.3 is 15.0 Å². The predicted octanol–water partition coefficient (Wildman–Crippen LogP) is 6.42. The number of aromatic amines is 1. The Kier molecular flexibility index (Phi) is 5.25. The average molecular weight is 416 g/mol. The molecule has 0 saturated heterocycles. The second-order valence-corrected chi connectivity index (χ2v) is 7.42. The van der Waals surface area contributed by atoms with Gasteiger partial charge in [0.2, 0.25) is 0 Å². The molecule has 2 heterocycles. The number of nitrogens with zero attached hydrogens (tertiary/aromatic N) is 2. The first-order chi connectivity index (χ1) is 15.8. The first kappa shape index (κ1) is 19.4. The van der Waals surface area contributed by atoms with Crippen LogP contribution in [0.4, 0.5) is 11.4 Å². The van der Waals surface area contributed by atoms with Crippen LogP contribution < -0.4 is 10.1 Å². The molecular formula is C27H20N4O. The minimum absolute atomic E-state index is 0.487. The van der Waals surface area contributed by atoms with E-state index in [4.69, 9.17) is 4.74 Å². The molecule has 3 aromatic carbocycles. The lowest BCUT2D eigenvalue weighted by Crippen LogP contribution is -1.98. The van der Waals surface area contributed by atoms with Gasteiger partial charge in [-0.1, -0.05) is 42.5 Å². The number of pyridine rings is 1. The van der Waals surface area contributed by atoms with E-state index in [1.165, 1.54) is 0 Å². The van der Waals surface area contributed by atoms with Crippen LogP contribution in [0.3, 0.4) is 0 Å². The van der Waals surface area contributed by atoms with Gasteiger partial charge in [-0.25, -0.2) is 0 Å². The van der Waals surface area contributed by atoms with Gasteiger partial charge in [-0.15, -0.1) is 0 Å². The highest BCUT2D eigenvalue weighted by Crippen LogP contribution is 2.34. The third-order valence-corrected chi connectivity index (χ3v) is 5.30. The Labute approximate surface area is 185 Å². The lowest BCUT2D eigenvalue weighted by Gasteiger charge is -2.14. The SMILES string of the molecule is N#Cc1cncc(-c2ccc(OCc3ccccc3)cc2)c1Nc1ccc2[nH]ccc2c1. The van der Waals surface area contributed by atoms with Crippen LogP contribution in [-0.2, 0) is 6.61 Å². The lowest BCUT2D eigenvalue weighted by molar-refractivity contribution is 0.306. The van der Waals surface area contributed by atoms with Crippen molar-refractivity contribution in [2.24, 2.45) is 0 Å². The maximum Gasteiger partial charge on any atom is 0.119 e. The van der Waals surface area contributed by atoms with Crippen molar-refractivity contribution >= 4 is 22.3 Å². The summed E-state index contributed by atoms with van der Waals surface area (Å²) in [6, 6.07) is 28.2. The second kappa shape index (κ2) is 8.66. The lowest BCUT2D eigenvalue weighted by atomic mass is 10.0. The van der Waals surface area contributed by atoms with Gasteiger partial charge in [0, 0.05) is 40.7 Å². The topological polar surface area (TPSA) is 73.7 Å². The molecule has 5 heteroatoms. The number of hydrogen-bond acceptors (Lipinski definition) is 4. The minimum atomic E-state index is 0.487. The molecule has 5 nitrogen and oxygen atoms in total. The molecule has 2 aromatic heterocycles. The molecular weight excluding hydrogens is 396 g/mol. The number of aromatic nitrogens is 2. The third kappa shape index (κ3) is 4.03. The molecule has 0 atom stereocenters. The summed E-state index contributed by atoms with van der Waals surface area (Å²) in [7, 11) is 0. The van der Waals surface area contributed by atoms with Crippen LogP contribution in [0.5, 0.6) is 5.75 Å². The van der Waals surface area contributed by atoms with Crippen LogP contribution >= 0.6 is 0 Å². The van der Waals surface area contributed by atoms with E-state index >= 15 is 0 Å². The van der Waals surface area contributed by atoms with E-state index in [1.807, 2.05) is 79.0 Å². The zero-order valence-corrected chi connectivity index (χ0v) is 17.2. The van der Waals surface area contributed by atoms with Crippen molar-refractivity contribution in [3.8, 4) is 22.9 Å². The van der Waals surface area contributed by atoms with Gasteiger partial charge in [-0.2, -0.15) is 5.26 Å². The summed E-state index contributed by atoms with van der Waals surface area (Å²) in [4.78, 5) is 7.47. The molecule has 0 saturated carbocycles. The minimum Gasteiger partial charge on any atom is -0.489 e. The van der Waals surface area contributed by atoms with Crippen molar-refractivity contribution in [1.29, 1.82) is 5.26 Å². The van der Waals surface area contributed by atoms with Crippen molar-refractivity contribution in [2.75, 3.05) is 5.32 Å². The van der Waals surface area contributed by atoms with Crippen molar-refractivity contribution in [3.63, 3.8) is 0 Å². The number of anilines is 2. The van der Waals surface area contributed by atoms with Gasteiger partial charge in [0.1, 0.15) is 18.4 Å². The summed E-state index contributed by atoms with van der Waals surface area (Å²) in [5.74, 6) is 0.786. The predicted molar refractivity (Wildman–Crippen MR) is 127 cm³/mol. The Hall–Kier alpha value is -4.56. The maximum absolute atomic E-state index is 9.67. The molecule has 0 fully saturated rings. The summed E-state index contributed by atoms with van der Waals surface area (Å²) in [5.41, 5.74) is 6.12. The maximum atomic E-state index is 9.67. The molecule has 0 aliphatic rings. The third-order valence-electron chi connectivity index (χ3n) is 5.30. The van der Waals surface area contributed by atoms with Crippen LogP contribution in [0.2, 0.25) is 0 Å². The Morgan fingerprint density at radius 3 is 2.59 bits per heavy atom. The zero-order chi connectivity index (χ0) is 21.8. The summed E-state index contributed by atoms with van der Waals surface area (Å²) in [6.45, 7) is 0.514. The average Bonchev–Trinajstić information content (AvgIpc) is 3.32. The molecule has 5 rings (SSSR count). The summed E-state index contributed by atoms with van der Waals surface area (Å²) in [5, 5.41) is 14.2. The van der Waals surface area contributed by atoms with Crippen LogP contribution in [0.15, 0.2) is 97.5 Å². The number of nitrogens with one attached hydrogen (secondary N) is 2. The van der Waals surface area contributed by atoms with Gasteiger partial charge in [0.25, 0.3) is 0 Å². The number of ether oxygens (including phenoxy) is 1. The molecule has 5 aromatic rings. The number of rotatable bonds is 6. The van der Waals surface area contributed by atoms with Gasteiger partial charge in [-0.3, -0.25) is 4.98 Å². The summed E-state index contributed by atoms with van der Waals surface area (Å²) < 4.78 is 5.90. The van der Waals surface area contributed by atoms with E-state index in [9.17, 15) is 5.26 Å². The highest BCUT2D eigenvalue weighted by molar-refractivity contribution is 5.88. The fraction of sp³-hybridized carbons (Fsp3) is 0.0370. The van der Waals surface area contributed by atoms with E-state index in [2.05, 4.69) is 27.4 Å². The van der Waals surface area contributed by atoms with Gasteiger partial charge in [0.05, 0.1) is 11.3 Å². The highest BCUT2D eigenvalue weighted by atomic mass is 16.5. The van der Waals surface area contributed by atoms with E-state index in [-0.39, 0.29) is 0 Å². The van der Waals surface area contributed by atoms with E-state index < -0.39 is 0 Å². The first-order valence-electron chi connectivity index (χ1n) is 10.3. The fourth-order valence-electron chi connectivity index (χ4n) is 3.65. The molecule has 0 radical (unpaired) electrons. The molecule has 0 aliphatic carbocycles. The molecule has 0 bridgehead atoms. The molecule has 2 N–H and O–H groups in total. The smallest absolute Gasteiger partial charge is 0.119 e. The monoisotopic (exact) mass is 416 g/mol. The van der Waals surface area contributed by atoms with Gasteiger partial charge in [-0.05, 0) is 47.5 Å². The summed E-state index contributed by atoms with van der Waals surface area (Å²) in [6.07, 6.45) is 5.27. The fourth-order valence-corrected chi connectivity index (χ4v) is 3.65. The van der Waals surface area contributed by atoms with Crippen molar-refractivity contribution in [1.82, 2.24) is 9.97 Å². The molecule has 0 aliphatic heterocycles. The van der Waals surface area contributed by atoms with Crippen molar-refractivity contribution in [2.45, 2.75) is 6.61 Å². The van der Waals surface area contributed by atoms with Crippen LogP contribution in [0.1, 0.15) is 11.1 Å². The normalized spacial score (nSPS) is 10.6. The molecule has 0 amide bonds. The Bertz CT molecular complexity index is 1400. The van der Waals surface area contributed by atoms with Crippen LogP contribution in [0, 0.1) is 11.3 Å². The number of benzene rings is 3. The van der Waals surface area contributed by atoms with Crippen molar-refractivity contribution < 1.29 is 4.74 Å². The summed E-state index contributed by atoms with van der Waals surface area (Å²) >= 11 is 0. The van der Waals surface area contributed by atoms with Crippen LogP contribution in [0.25, 0.3) is 22.0 Å². The van der Waals surface area contributed by atoms with Crippen LogP contribution in [-0.4, -0.2) is 9.97 Å². The van der Waals surface area contributed by atoms with Crippen molar-refractivity contribution in [3.05, 3.63) is 109 Å². The quantitative estimate of drug-likeness (QED) is 0.335. The zero-order valence-electron chi connectivity index (χ0n) is 17.2. The first-order valence-corrected chi connectivity index (χ1v) is 10.3. The molecule has 32 heavy (non-hydrogen) atoms. The Balaban J connectivity index is 1.42. The molecule has 0 spiro atoms. The largest absolute Gasteiger partial charge is 0.489 e. The number of H-pyrrole nitrogens is 1. The molecule has 0 unspecified atom stereocenters. The second-order valence-electron chi connectivity index (χ2n) is 7.42. The Morgan fingerprint density at radius 1 is 0.938 bits per heavy atom. The van der Waals surface area contributed by atoms with Gasteiger partial charge in [0.15, 0.2) is 0 Å². The highest BCUT2D eigenvalue weighted by Gasteiger charge is 2.12. The number of fused-ring (bicyclic) bond motifs is 1. The van der Waals surface area contributed by atoms with E-state index in [1.54, 1.807) is 12.4 Å². The number of hydrogen-bond donors (Lipinski definition) is 2. The Morgan fingerprint density at radius 2 is 1.78 bits per heavy atom. The van der Waals surface area contributed by atoms with E-state index in [0.29, 0.717) is 12.2 Å². The number of nitriles is 1. The standard InChI is InChI=1S/C27H20N4O/c28-15-22-16-29-17-25(27(22)31-23-8-11-26-21(14-23)12-13-30-26)20-6-9-24(10-7-20)32-18-19-4-2-1-3-5-19/h1-14,16-17,30H,18H2,(H,29,31).